The van der Waals surface area contributed by atoms with Gasteiger partial charge in [0.1, 0.15) is 17.6 Å². The molecule has 4 N–H and O–H groups in total. The van der Waals surface area contributed by atoms with Crippen molar-refractivity contribution in [3.05, 3.63) is 69.9 Å². The van der Waals surface area contributed by atoms with Crippen LogP contribution in [-0.4, -0.2) is 99.5 Å². The van der Waals surface area contributed by atoms with Crippen molar-refractivity contribution in [1.29, 1.82) is 0 Å². The highest BCUT2D eigenvalue weighted by atomic mass is 16.5. The van der Waals surface area contributed by atoms with E-state index in [0.29, 0.717) is 22.9 Å². The third-order valence-corrected chi connectivity index (χ3v) is 10.8. The van der Waals surface area contributed by atoms with Crippen LogP contribution in [0.15, 0.2) is 47.3 Å². The van der Waals surface area contributed by atoms with E-state index in [9.17, 15) is 28.8 Å². The van der Waals surface area contributed by atoms with Crippen LogP contribution < -0.4 is 26.4 Å². The number of likely N-dealkylation sites (tertiary alicyclic amines) is 1. The topological polar surface area (TPSA) is 188 Å². The third kappa shape index (κ3) is 8.19. The molecule has 0 spiro atoms. The average Bonchev–Trinajstić information content (AvgIpc) is 3.69. The molecule has 1 aliphatic carbocycles. The van der Waals surface area contributed by atoms with Crippen molar-refractivity contribution in [3.63, 3.8) is 0 Å². The minimum Gasteiger partial charge on any atom is -0.484 e. The smallest absolute Gasteiger partial charge is 0.348 e. The zero-order valence-electron chi connectivity index (χ0n) is 29.7. The van der Waals surface area contributed by atoms with Gasteiger partial charge in [-0.1, -0.05) is 44.2 Å². The first-order valence-electron chi connectivity index (χ1n) is 18.7. The van der Waals surface area contributed by atoms with Crippen LogP contribution in [-0.2, 0) is 14.4 Å². The minimum absolute atomic E-state index is 0.0361. The number of anilines is 1. The Kier molecular flexibility index (Phi) is 11.0. The van der Waals surface area contributed by atoms with Crippen molar-refractivity contribution in [2.45, 2.75) is 76.2 Å². The molecule has 5 amide bonds. The molecule has 15 heteroatoms. The van der Waals surface area contributed by atoms with Gasteiger partial charge < -0.3 is 20.3 Å². The zero-order valence-corrected chi connectivity index (χ0v) is 29.7. The van der Waals surface area contributed by atoms with Gasteiger partial charge >= 0.3 is 5.69 Å². The molecule has 280 valence electrons. The van der Waals surface area contributed by atoms with E-state index in [1.807, 2.05) is 0 Å². The molecule has 4 aliphatic rings. The quantitative estimate of drug-likeness (QED) is 0.151. The summed E-state index contributed by atoms with van der Waals surface area (Å²) in [5.41, 5.74) is 0.915. The number of rotatable bonds is 13. The highest BCUT2D eigenvalue weighted by Gasteiger charge is 2.45. The van der Waals surface area contributed by atoms with E-state index in [-0.39, 0.29) is 61.2 Å². The standard InChI is InChI=1S/C38H46N8O7/c47-31-15-14-30(35(49)41-31)45-36(50)28-12-5-13-29(33(28)37(45)51)39-17-18-40-32(48)23-53-27-11-4-10-26(21-27)46-38(52)42-34(43-46)25-9-6-19-44(22-25)20-16-24-7-2-1-3-8-24/h4-5,10-13,21,24-25,30,39H,1-3,6-9,14-20,22-23H2,(H,40,48)(H,41,47,49)(H,42,43,52)/t25-,30?/m0/s1. The molecule has 3 aliphatic heterocycles. The van der Waals surface area contributed by atoms with Gasteiger partial charge in [-0.2, -0.15) is 4.68 Å². The number of nitrogens with one attached hydrogen (secondary N) is 4. The summed E-state index contributed by atoms with van der Waals surface area (Å²) in [6, 6.07) is 10.6. The maximum atomic E-state index is 13.3. The van der Waals surface area contributed by atoms with Crippen molar-refractivity contribution in [3.8, 4) is 11.4 Å². The van der Waals surface area contributed by atoms with E-state index < -0.39 is 29.7 Å². The highest BCUT2D eigenvalue weighted by molar-refractivity contribution is 6.25. The van der Waals surface area contributed by atoms with E-state index in [2.05, 4.69) is 30.9 Å². The molecule has 1 aromatic heterocycles. The van der Waals surface area contributed by atoms with Crippen LogP contribution in [0.3, 0.4) is 0 Å². The van der Waals surface area contributed by atoms with Gasteiger partial charge in [0.05, 0.1) is 16.8 Å². The summed E-state index contributed by atoms with van der Waals surface area (Å²) in [5.74, 6) is -0.593. The summed E-state index contributed by atoms with van der Waals surface area (Å²) in [6.07, 6.45) is 10.2. The number of aromatic nitrogens is 3. The molecule has 3 aromatic rings. The number of fused-ring (bicyclic) bond motifs is 1. The first-order chi connectivity index (χ1) is 25.7. The maximum Gasteiger partial charge on any atom is 0.348 e. The van der Waals surface area contributed by atoms with Crippen LogP contribution in [0, 0.1) is 5.92 Å². The molecular weight excluding hydrogens is 680 g/mol. The van der Waals surface area contributed by atoms with E-state index in [1.54, 1.807) is 36.4 Å². The van der Waals surface area contributed by atoms with Gasteiger partial charge in [0.25, 0.3) is 17.7 Å². The lowest BCUT2D eigenvalue weighted by molar-refractivity contribution is -0.136. The molecule has 2 atom stereocenters. The third-order valence-electron chi connectivity index (χ3n) is 10.8. The summed E-state index contributed by atoms with van der Waals surface area (Å²) in [6.45, 7) is 3.24. The number of benzene rings is 2. The summed E-state index contributed by atoms with van der Waals surface area (Å²) >= 11 is 0. The number of carbonyl (C=O) groups excluding carboxylic acids is 5. The maximum absolute atomic E-state index is 13.3. The normalized spacial score (nSPS) is 21.0. The first-order valence-corrected chi connectivity index (χ1v) is 18.7. The predicted molar refractivity (Wildman–Crippen MR) is 194 cm³/mol. The molecule has 2 saturated heterocycles. The lowest BCUT2D eigenvalue weighted by Crippen LogP contribution is -2.54. The Labute approximate surface area is 306 Å². The molecule has 2 aromatic carbocycles. The Morgan fingerprint density at radius 1 is 0.925 bits per heavy atom. The van der Waals surface area contributed by atoms with Gasteiger partial charge in [-0.3, -0.25) is 39.2 Å². The Morgan fingerprint density at radius 2 is 1.75 bits per heavy atom. The molecule has 1 saturated carbocycles. The van der Waals surface area contributed by atoms with E-state index in [0.717, 1.165) is 43.3 Å². The van der Waals surface area contributed by atoms with E-state index >= 15 is 0 Å². The number of imide groups is 2. The Balaban J connectivity index is 0.881. The highest BCUT2D eigenvalue weighted by Crippen LogP contribution is 2.33. The van der Waals surface area contributed by atoms with Gasteiger partial charge in [-0.05, 0) is 69.0 Å². The van der Waals surface area contributed by atoms with Crippen LogP contribution in [0.5, 0.6) is 5.75 Å². The van der Waals surface area contributed by atoms with Gasteiger partial charge in [0.15, 0.2) is 6.61 Å². The molecular formula is C38H46N8O7. The molecule has 15 nitrogen and oxygen atoms in total. The monoisotopic (exact) mass is 726 g/mol. The zero-order chi connectivity index (χ0) is 36.9. The number of hydrogen-bond donors (Lipinski definition) is 4. The average molecular weight is 727 g/mol. The largest absolute Gasteiger partial charge is 0.484 e. The SMILES string of the molecule is O=C(COc1cccc(-n2nc([C@H]3CCCN(CCC4CCCCC4)C3)[nH]c2=O)c1)NCCNc1cccc2c1C(=O)N(C1CCC(=O)NC1=O)C2=O. The Bertz CT molecular complexity index is 1930. The Morgan fingerprint density at radius 3 is 2.58 bits per heavy atom. The summed E-state index contributed by atoms with van der Waals surface area (Å²) in [4.78, 5) is 82.3. The van der Waals surface area contributed by atoms with Crippen molar-refractivity contribution in [2.24, 2.45) is 5.92 Å². The molecule has 1 unspecified atom stereocenters. The van der Waals surface area contributed by atoms with Crippen LogP contribution in [0.2, 0.25) is 0 Å². The lowest BCUT2D eigenvalue weighted by Gasteiger charge is -2.33. The van der Waals surface area contributed by atoms with Crippen LogP contribution >= 0.6 is 0 Å². The van der Waals surface area contributed by atoms with Crippen molar-refractivity contribution < 1.29 is 28.7 Å². The summed E-state index contributed by atoms with van der Waals surface area (Å²) < 4.78 is 7.08. The first kappa shape index (κ1) is 36.1. The van der Waals surface area contributed by atoms with Gasteiger partial charge in [0, 0.05) is 43.7 Å². The number of amides is 5. The molecule has 3 fully saturated rings. The number of nitrogens with zero attached hydrogens (tertiary/aromatic N) is 4. The fourth-order valence-corrected chi connectivity index (χ4v) is 7.99. The number of piperidine rings is 2. The number of hydrogen-bond acceptors (Lipinski definition) is 10. The predicted octanol–water partition coefficient (Wildman–Crippen LogP) is 2.72. The number of carbonyl (C=O) groups is 5. The molecule has 0 bridgehead atoms. The van der Waals surface area contributed by atoms with Crippen LogP contribution in [0.25, 0.3) is 5.69 Å². The molecule has 7 rings (SSSR count). The summed E-state index contributed by atoms with van der Waals surface area (Å²) in [7, 11) is 0. The second kappa shape index (κ2) is 16.1. The van der Waals surface area contributed by atoms with E-state index in [1.165, 1.54) is 49.3 Å². The minimum atomic E-state index is -1.06. The molecule has 53 heavy (non-hydrogen) atoms. The number of H-pyrrole nitrogens is 1. The van der Waals surface area contributed by atoms with E-state index in [4.69, 9.17) is 4.74 Å². The van der Waals surface area contributed by atoms with Gasteiger partial charge in [-0.25, -0.2) is 4.79 Å². The second-order valence-electron chi connectivity index (χ2n) is 14.4. The Hall–Kier alpha value is -5.31. The fourth-order valence-electron chi connectivity index (χ4n) is 7.99. The number of ether oxygens (including phenoxy) is 1. The lowest BCUT2D eigenvalue weighted by atomic mass is 9.86. The van der Waals surface area contributed by atoms with Gasteiger partial charge in [-0.15, -0.1) is 5.10 Å². The van der Waals surface area contributed by atoms with Crippen molar-refractivity contribution in [1.82, 2.24) is 35.2 Å². The fraction of sp³-hybridized carbons (Fsp3) is 0.500. The van der Waals surface area contributed by atoms with Crippen LogP contribution in [0.4, 0.5) is 5.69 Å². The van der Waals surface area contributed by atoms with Gasteiger partial charge in [0.2, 0.25) is 11.8 Å². The van der Waals surface area contributed by atoms with Crippen molar-refractivity contribution >= 4 is 35.2 Å². The molecule has 0 radical (unpaired) electrons. The molecule has 4 heterocycles. The van der Waals surface area contributed by atoms with Crippen molar-refractivity contribution in [2.75, 3.05) is 44.6 Å². The van der Waals surface area contributed by atoms with Crippen LogP contribution in [0.1, 0.15) is 96.7 Å². The number of aromatic amines is 1. The second-order valence-corrected chi connectivity index (χ2v) is 14.4. The summed E-state index contributed by atoms with van der Waals surface area (Å²) in [5, 5.41) is 12.7.